The second kappa shape index (κ2) is 6.54. The fourth-order valence-corrected chi connectivity index (χ4v) is 4.32. The molecule has 2 rings (SSSR count). The predicted molar refractivity (Wildman–Crippen MR) is 77.8 cm³/mol. The molecule has 9 heteroatoms. The summed E-state index contributed by atoms with van der Waals surface area (Å²) in [4.78, 5) is 26.5. The number of H-pyrrole nitrogens is 2. The summed E-state index contributed by atoms with van der Waals surface area (Å²) in [5.74, 6) is 0. The van der Waals surface area contributed by atoms with Crippen LogP contribution in [0.5, 0.6) is 0 Å². The van der Waals surface area contributed by atoms with E-state index in [1.165, 1.54) is 4.31 Å². The van der Waals surface area contributed by atoms with Crippen molar-refractivity contribution in [3.63, 3.8) is 0 Å². The Kier molecular flexibility index (Phi) is 4.96. The van der Waals surface area contributed by atoms with Gasteiger partial charge >= 0.3 is 5.69 Å². The molecule has 0 bridgehead atoms. The molecule has 118 valence electrons. The molecule has 2 heterocycles. The molecule has 1 saturated heterocycles. The second-order valence-electron chi connectivity index (χ2n) is 5.09. The number of hydrogen-bond donors (Lipinski definition) is 3. The van der Waals surface area contributed by atoms with Gasteiger partial charge in [-0.1, -0.05) is 6.42 Å². The highest BCUT2D eigenvalue weighted by molar-refractivity contribution is 7.89. The number of piperidine rings is 1. The summed E-state index contributed by atoms with van der Waals surface area (Å²) < 4.78 is 26.7. The fourth-order valence-electron chi connectivity index (χ4n) is 2.61. The van der Waals surface area contributed by atoms with Crippen LogP contribution < -0.4 is 16.6 Å². The van der Waals surface area contributed by atoms with E-state index in [2.05, 4.69) is 10.3 Å². The van der Waals surface area contributed by atoms with Crippen LogP contribution in [0.4, 0.5) is 0 Å². The quantitative estimate of drug-likeness (QED) is 0.659. The third kappa shape index (κ3) is 3.42. The summed E-state index contributed by atoms with van der Waals surface area (Å²) >= 11 is 0. The average molecular weight is 316 g/mol. The van der Waals surface area contributed by atoms with Gasteiger partial charge in [0.2, 0.25) is 10.0 Å². The number of hydrogen-bond acceptors (Lipinski definition) is 5. The summed E-state index contributed by atoms with van der Waals surface area (Å²) in [6.45, 7) is 1.11. The molecule has 1 aliphatic rings. The van der Waals surface area contributed by atoms with Gasteiger partial charge in [-0.3, -0.25) is 9.78 Å². The lowest BCUT2D eigenvalue weighted by Crippen LogP contribution is -2.46. The van der Waals surface area contributed by atoms with Crippen molar-refractivity contribution in [1.29, 1.82) is 0 Å². The largest absolute Gasteiger partial charge is 0.325 e. The van der Waals surface area contributed by atoms with E-state index >= 15 is 0 Å². The number of rotatable bonds is 5. The molecule has 0 radical (unpaired) electrons. The van der Waals surface area contributed by atoms with Crippen LogP contribution in [0.2, 0.25) is 0 Å². The molecular formula is C12H20N4O4S. The average Bonchev–Trinajstić information content (AvgIpc) is 2.45. The molecule has 0 amide bonds. The van der Waals surface area contributed by atoms with Crippen LogP contribution in [-0.4, -0.2) is 48.9 Å². The second-order valence-corrected chi connectivity index (χ2v) is 6.95. The van der Waals surface area contributed by atoms with Gasteiger partial charge in [0.05, 0.1) is 0 Å². The summed E-state index contributed by atoms with van der Waals surface area (Å²) in [5, 5.41) is 3.01. The van der Waals surface area contributed by atoms with Crippen molar-refractivity contribution in [2.45, 2.75) is 36.6 Å². The van der Waals surface area contributed by atoms with Gasteiger partial charge in [-0.2, -0.15) is 4.31 Å². The Bertz CT molecular complexity index is 694. The number of aromatic nitrogens is 2. The standard InChI is InChI=1S/C12H20N4O4S/c1-13-6-5-9-4-2-3-7-16(9)21(19,20)10-8-14-12(18)15-11(10)17/h8-9,13H,2-7H2,1H3,(H2,14,15,17,18). The smallest absolute Gasteiger partial charge is 0.320 e. The molecule has 1 aliphatic heterocycles. The van der Waals surface area contributed by atoms with Crippen LogP contribution in [0.3, 0.4) is 0 Å². The molecule has 0 saturated carbocycles. The highest BCUT2D eigenvalue weighted by Gasteiger charge is 2.34. The van der Waals surface area contributed by atoms with Crippen molar-refractivity contribution in [2.24, 2.45) is 0 Å². The highest BCUT2D eigenvalue weighted by Crippen LogP contribution is 2.25. The Morgan fingerprint density at radius 1 is 1.38 bits per heavy atom. The highest BCUT2D eigenvalue weighted by atomic mass is 32.2. The molecule has 1 aromatic heterocycles. The zero-order chi connectivity index (χ0) is 15.5. The molecule has 1 unspecified atom stereocenters. The van der Waals surface area contributed by atoms with Gasteiger partial charge in [-0.25, -0.2) is 13.2 Å². The van der Waals surface area contributed by atoms with Gasteiger partial charge in [0, 0.05) is 18.8 Å². The molecule has 8 nitrogen and oxygen atoms in total. The first-order valence-electron chi connectivity index (χ1n) is 6.95. The maximum absolute atomic E-state index is 12.7. The van der Waals surface area contributed by atoms with Crippen LogP contribution in [0, 0.1) is 0 Å². The van der Waals surface area contributed by atoms with E-state index in [0.29, 0.717) is 19.5 Å². The summed E-state index contributed by atoms with van der Waals surface area (Å²) in [6, 6.07) is -0.123. The maximum atomic E-state index is 12.7. The summed E-state index contributed by atoms with van der Waals surface area (Å²) in [6.07, 6.45) is 4.19. The first kappa shape index (κ1) is 15.9. The van der Waals surface area contributed by atoms with Crippen LogP contribution in [0.15, 0.2) is 20.7 Å². The molecule has 3 N–H and O–H groups in total. The van der Waals surface area contributed by atoms with E-state index in [0.717, 1.165) is 25.5 Å². The van der Waals surface area contributed by atoms with Crippen LogP contribution >= 0.6 is 0 Å². The lowest BCUT2D eigenvalue weighted by molar-refractivity contribution is 0.240. The van der Waals surface area contributed by atoms with E-state index in [1.54, 1.807) is 0 Å². The Morgan fingerprint density at radius 2 is 2.14 bits per heavy atom. The lowest BCUT2D eigenvalue weighted by Gasteiger charge is -2.34. The van der Waals surface area contributed by atoms with Gasteiger partial charge in [0.25, 0.3) is 5.56 Å². The molecule has 0 aliphatic carbocycles. The fraction of sp³-hybridized carbons (Fsp3) is 0.667. The van der Waals surface area contributed by atoms with Crippen molar-refractivity contribution in [3.8, 4) is 0 Å². The molecule has 1 aromatic rings. The molecular weight excluding hydrogens is 296 g/mol. The number of sulfonamides is 1. The molecule has 21 heavy (non-hydrogen) atoms. The first-order chi connectivity index (χ1) is 9.96. The van der Waals surface area contributed by atoms with E-state index < -0.39 is 26.2 Å². The Hall–Kier alpha value is -1.45. The van der Waals surface area contributed by atoms with E-state index in [-0.39, 0.29) is 6.04 Å². The molecule has 0 aromatic carbocycles. The number of aromatic amines is 2. The van der Waals surface area contributed by atoms with E-state index in [4.69, 9.17) is 0 Å². The zero-order valence-corrected chi connectivity index (χ0v) is 12.7. The predicted octanol–water partition coefficient (Wildman–Crippen LogP) is -0.784. The zero-order valence-electron chi connectivity index (χ0n) is 11.9. The van der Waals surface area contributed by atoms with Crippen LogP contribution in [0.1, 0.15) is 25.7 Å². The minimum atomic E-state index is -3.90. The SMILES string of the molecule is CNCCC1CCCCN1S(=O)(=O)c1c[nH]c(=O)[nH]c1=O. The molecule has 1 fully saturated rings. The van der Waals surface area contributed by atoms with Crippen LogP contribution in [0.25, 0.3) is 0 Å². The van der Waals surface area contributed by atoms with Gasteiger partial charge in [0.15, 0.2) is 4.90 Å². The third-order valence-corrected chi connectivity index (χ3v) is 5.63. The summed E-state index contributed by atoms with van der Waals surface area (Å²) in [7, 11) is -2.08. The normalized spacial score (nSPS) is 20.5. The van der Waals surface area contributed by atoms with Crippen molar-refractivity contribution < 1.29 is 8.42 Å². The minimum absolute atomic E-state index is 0.123. The van der Waals surface area contributed by atoms with Gasteiger partial charge in [-0.15, -0.1) is 0 Å². The molecule has 1 atom stereocenters. The van der Waals surface area contributed by atoms with Gasteiger partial charge in [0.1, 0.15) is 0 Å². The summed E-state index contributed by atoms with van der Waals surface area (Å²) in [5.41, 5.74) is -1.60. The van der Waals surface area contributed by atoms with Crippen molar-refractivity contribution >= 4 is 10.0 Å². The van der Waals surface area contributed by atoms with Gasteiger partial charge in [-0.05, 0) is 32.9 Å². The monoisotopic (exact) mass is 316 g/mol. The molecule has 0 spiro atoms. The lowest BCUT2D eigenvalue weighted by atomic mass is 10.0. The Balaban J connectivity index is 2.36. The Labute approximate surface area is 122 Å². The Morgan fingerprint density at radius 3 is 2.81 bits per heavy atom. The van der Waals surface area contributed by atoms with E-state index in [1.807, 2.05) is 12.0 Å². The van der Waals surface area contributed by atoms with Gasteiger partial charge < -0.3 is 10.3 Å². The topological polar surface area (TPSA) is 115 Å². The minimum Gasteiger partial charge on any atom is -0.320 e. The third-order valence-electron chi connectivity index (χ3n) is 3.67. The van der Waals surface area contributed by atoms with E-state index in [9.17, 15) is 18.0 Å². The maximum Gasteiger partial charge on any atom is 0.325 e. The van der Waals surface area contributed by atoms with Crippen LogP contribution in [-0.2, 0) is 10.0 Å². The van der Waals surface area contributed by atoms with Crippen molar-refractivity contribution in [3.05, 3.63) is 27.0 Å². The van der Waals surface area contributed by atoms with Crippen molar-refractivity contribution in [2.75, 3.05) is 20.1 Å². The number of nitrogens with zero attached hydrogens (tertiary/aromatic N) is 1. The van der Waals surface area contributed by atoms with Crippen molar-refractivity contribution in [1.82, 2.24) is 19.6 Å². The number of nitrogens with one attached hydrogen (secondary N) is 3. The first-order valence-corrected chi connectivity index (χ1v) is 8.39.